The quantitative estimate of drug-likeness (QED) is 0.878. The second-order valence-electron chi connectivity index (χ2n) is 5.40. The zero-order valence-corrected chi connectivity index (χ0v) is 13.4. The van der Waals surface area contributed by atoms with E-state index in [1.54, 1.807) is 6.92 Å². The number of benzene rings is 2. The zero-order chi connectivity index (χ0) is 15.9. The van der Waals surface area contributed by atoms with Crippen LogP contribution in [0.4, 0.5) is 0 Å². The number of hydrogen-bond donors (Lipinski definition) is 1. The van der Waals surface area contributed by atoms with E-state index in [-0.39, 0.29) is 11.9 Å². The second-order valence-corrected chi connectivity index (χ2v) is 5.40. The van der Waals surface area contributed by atoms with Gasteiger partial charge in [-0.1, -0.05) is 49.4 Å². The minimum atomic E-state index is -0.528. The fourth-order valence-electron chi connectivity index (χ4n) is 2.21. The van der Waals surface area contributed by atoms with Crippen LogP contribution < -0.4 is 10.1 Å². The summed E-state index contributed by atoms with van der Waals surface area (Å²) in [6, 6.07) is 17.7. The van der Waals surface area contributed by atoms with Gasteiger partial charge in [0.2, 0.25) is 0 Å². The lowest BCUT2D eigenvalue weighted by molar-refractivity contribution is -0.127. The van der Waals surface area contributed by atoms with Gasteiger partial charge in [0.1, 0.15) is 5.75 Å². The molecular weight excluding hydrogens is 274 g/mol. The molecule has 0 aliphatic heterocycles. The maximum atomic E-state index is 12.2. The Balaban J connectivity index is 1.92. The second kappa shape index (κ2) is 7.64. The van der Waals surface area contributed by atoms with Crippen molar-refractivity contribution in [3.8, 4) is 5.75 Å². The first-order valence-electron chi connectivity index (χ1n) is 7.71. The number of hydrogen-bond acceptors (Lipinski definition) is 2. The summed E-state index contributed by atoms with van der Waals surface area (Å²) in [5.41, 5.74) is 2.39. The molecule has 2 aromatic rings. The molecule has 0 saturated carbocycles. The summed E-state index contributed by atoms with van der Waals surface area (Å²) >= 11 is 0. The van der Waals surface area contributed by atoms with Crippen molar-refractivity contribution in [3.63, 3.8) is 0 Å². The summed E-state index contributed by atoms with van der Waals surface area (Å²) in [7, 11) is 0. The lowest BCUT2D eigenvalue weighted by Gasteiger charge is -2.19. The smallest absolute Gasteiger partial charge is 0.261 e. The highest BCUT2D eigenvalue weighted by Gasteiger charge is 2.17. The predicted octanol–water partition coefficient (Wildman–Crippen LogP) is 3.89. The maximum absolute atomic E-state index is 12.2. The van der Waals surface area contributed by atoms with Crippen LogP contribution in [0.3, 0.4) is 0 Å². The van der Waals surface area contributed by atoms with Gasteiger partial charge < -0.3 is 10.1 Å². The summed E-state index contributed by atoms with van der Waals surface area (Å²) < 4.78 is 5.64. The van der Waals surface area contributed by atoms with Crippen molar-refractivity contribution in [1.82, 2.24) is 5.32 Å². The molecule has 0 spiro atoms. The van der Waals surface area contributed by atoms with Gasteiger partial charge in [-0.05, 0) is 43.5 Å². The number of carbonyl (C=O) groups excluding carboxylic acids is 1. The Morgan fingerprint density at radius 3 is 2.27 bits per heavy atom. The highest BCUT2D eigenvalue weighted by Crippen LogP contribution is 2.15. The first-order chi connectivity index (χ1) is 10.6. The fraction of sp³-hybridized carbons (Fsp3) is 0.316. The summed E-state index contributed by atoms with van der Waals surface area (Å²) in [4.78, 5) is 12.2. The van der Waals surface area contributed by atoms with Gasteiger partial charge in [0.25, 0.3) is 5.91 Å². The largest absolute Gasteiger partial charge is 0.481 e. The third-order valence-corrected chi connectivity index (χ3v) is 3.67. The van der Waals surface area contributed by atoms with Gasteiger partial charge >= 0.3 is 0 Å². The van der Waals surface area contributed by atoms with E-state index in [9.17, 15) is 4.79 Å². The maximum Gasteiger partial charge on any atom is 0.261 e. The van der Waals surface area contributed by atoms with Gasteiger partial charge in [-0.15, -0.1) is 0 Å². The molecule has 2 atom stereocenters. The molecule has 3 nitrogen and oxygen atoms in total. The standard InChI is InChI=1S/C19H23NO2/c1-4-16-10-12-17(13-11-16)14(2)20-19(21)15(3)22-18-8-6-5-7-9-18/h5-15H,4H2,1-3H3,(H,20,21)/t14-,15-/m1/s1. The van der Waals surface area contributed by atoms with Gasteiger partial charge in [-0.25, -0.2) is 0 Å². The van der Waals surface area contributed by atoms with Crippen molar-refractivity contribution < 1.29 is 9.53 Å². The van der Waals surface area contributed by atoms with Crippen LogP contribution in [-0.4, -0.2) is 12.0 Å². The number of ether oxygens (including phenoxy) is 1. The lowest BCUT2D eigenvalue weighted by atomic mass is 10.0. The van der Waals surface area contributed by atoms with Gasteiger partial charge in [-0.3, -0.25) is 4.79 Å². The van der Waals surface area contributed by atoms with Crippen molar-refractivity contribution in [1.29, 1.82) is 0 Å². The Labute approximate surface area is 132 Å². The van der Waals surface area contributed by atoms with Crippen LogP contribution in [0.25, 0.3) is 0 Å². The Kier molecular flexibility index (Phi) is 5.59. The van der Waals surface area contributed by atoms with Crippen molar-refractivity contribution in [2.45, 2.75) is 39.3 Å². The number of para-hydroxylation sites is 1. The monoisotopic (exact) mass is 297 g/mol. The lowest BCUT2D eigenvalue weighted by Crippen LogP contribution is -2.37. The van der Waals surface area contributed by atoms with E-state index >= 15 is 0 Å². The molecule has 0 saturated heterocycles. The van der Waals surface area contributed by atoms with Crippen molar-refractivity contribution in [2.24, 2.45) is 0 Å². The number of amides is 1. The van der Waals surface area contributed by atoms with Crippen molar-refractivity contribution in [3.05, 3.63) is 65.7 Å². The van der Waals surface area contributed by atoms with E-state index in [2.05, 4.69) is 36.5 Å². The van der Waals surface area contributed by atoms with Crippen LogP contribution in [0.2, 0.25) is 0 Å². The molecule has 0 heterocycles. The molecule has 0 aliphatic rings. The summed E-state index contributed by atoms with van der Waals surface area (Å²) in [6.07, 6.45) is 0.489. The number of carbonyl (C=O) groups is 1. The molecule has 0 aromatic heterocycles. The van der Waals surface area contributed by atoms with Crippen LogP contribution in [0.15, 0.2) is 54.6 Å². The number of aryl methyl sites for hydroxylation is 1. The molecule has 22 heavy (non-hydrogen) atoms. The minimum Gasteiger partial charge on any atom is -0.481 e. The van der Waals surface area contributed by atoms with E-state index in [1.165, 1.54) is 5.56 Å². The SMILES string of the molecule is CCc1ccc([C@@H](C)NC(=O)[C@@H](C)Oc2ccccc2)cc1. The normalized spacial score (nSPS) is 13.2. The van der Waals surface area contributed by atoms with E-state index in [1.807, 2.05) is 37.3 Å². The zero-order valence-electron chi connectivity index (χ0n) is 13.4. The molecule has 116 valence electrons. The summed E-state index contributed by atoms with van der Waals surface area (Å²) in [5.74, 6) is 0.584. The van der Waals surface area contributed by atoms with Crippen LogP contribution in [0, 0.1) is 0 Å². The van der Waals surface area contributed by atoms with Crippen LogP contribution in [-0.2, 0) is 11.2 Å². The Morgan fingerprint density at radius 2 is 1.68 bits per heavy atom. The molecule has 2 rings (SSSR count). The Bertz CT molecular complexity index is 593. The average Bonchev–Trinajstić information content (AvgIpc) is 2.55. The molecule has 0 fully saturated rings. The van der Waals surface area contributed by atoms with E-state index < -0.39 is 6.10 Å². The van der Waals surface area contributed by atoms with E-state index in [4.69, 9.17) is 4.74 Å². The fourth-order valence-corrected chi connectivity index (χ4v) is 2.21. The highest BCUT2D eigenvalue weighted by atomic mass is 16.5. The minimum absolute atomic E-state index is 0.0415. The molecule has 0 radical (unpaired) electrons. The predicted molar refractivity (Wildman–Crippen MR) is 88.9 cm³/mol. The summed E-state index contributed by atoms with van der Waals surface area (Å²) in [5, 5.41) is 2.99. The third-order valence-electron chi connectivity index (χ3n) is 3.67. The first-order valence-corrected chi connectivity index (χ1v) is 7.71. The topological polar surface area (TPSA) is 38.3 Å². The highest BCUT2D eigenvalue weighted by molar-refractivity contribution is 5.81. The van der Waals surface area contributed by atoms with E-state index in [0.29, 0.717) is 5.75 Å². The molecule has 1 N–H and O–H groups in total. The van der Waals surface area contributed by atoms with Gasteiger partial charge in [0.15, 0.2) is 6.10 Å². The first kappa shape index (κ1) is 16.1. The number of rotatable bonds is 6. The van der Waals surface area contributed by atoms with Crippen LogP contribution in [0.5, 0.6) is 5.75 Å². The van der Waals surface area contributed by atoms with Crippen LogP contribution >= 0.6 is 0 Å². The Morgan fingerprint density at radius 1 is 1.05 bits per heavy atom. The van der Waals surface area contributed by atoms with Gasteiger partial charge in [-0.2, -0.15) is 0 Å². The summed E-state index contributed by atoms with van der Waals surface area (Å²) in [6.45, 7) is 5.87. The third kappa shape index (κ3) is 4.35. The van der Waals surface area contributed by atoms with Crippen molar-refractivity contribution in [2.75, 3.05) is 0 Å². The van der Waals surface area contributed by atoms with Crippen LogP contribution in [0.1, 0.15) is 37.9 Å². The molecule has 2 aromatic carbocycles. The molecule has 0 aliphatic carbocycles. The van der Waals surface area contributed by atoms with Crippen molar-refractivity contribution >= 4 is 5.91 Å². The van der Waals surface area contributed by atoms with Gasteiger partial charge in [0, 0.05) is 0 Å². The average molecular weight is 297 g/mol. The Hall–Kier alpha value is -2.29. The molecular formula is C19H23NO2. The number of nitrogens with one attached hydrogen (secondary N) is 1. The van der Waals surface area contributed by atoms with E-state index in [0.717, 1.165) is 12.0 Å². The van der Waals surface area contributed by atoms with Gasteiger partial charge in [0.05, 0.1) is 6.04 Å². The molecule has 0 bridgehead atoms. The molecule has 3 heteroatoms. The molecule has 0 unspecified atom stereocenters. The molecule has 1 amide bonds.